The molecular formula is C13H18IN3O2. The molecule has 1 unspecified atom stereocenters. The molecule has 0 aliphatic heterocycles. The molecule has 0 radical (unpaired) electrons. The summed E-state index contributed by atoms with van der Waals surface area (Å²) in [4.78, 5) is 23.9. The van der Waals surface area contributed by atoms with E-state index in [4.69, 9.17) is 0 Å². The molecule has 2 rings (SSSR count). The van der Waals surface area contributed by atoms with Gasteiger partial charge in [-0.1, -0.05) is 19.3 Å². The second-order valence-corrected chi connectivity index (χ2v) is 6.22. The van der Waals surface area contributed by atoms with Gasteiger partial charge in [0.2, 0.25) is 5.91 Å². The van der Waals surface area contributed by atoms with Gasteiger partial charge in [-0.2, -0.15) is 5.10 Å². The van der Waals surface area contributed by atoms with E-state index in [9.17, 15) is 9.59 Å². The Morgan fingerprint density at radius 2 is 2.16 bits per heavy atom. The fourth-order valence-electron chi connectivity index (χ4n) is 2.37. The Kier molecular flexibility index (Phi) is 4.95. The van der Waals surface area contributed by atoms with Gasteiger partial charge in [0.1, 0.15) is 6.04 Å². The normalized spacial score (nSPS) is 18.0. The summed E-state index contributed by atoms with van der Waals surface area (Å²) in [7, 11) is 0. The average Bonchev–Trinajstić information content (AvgIpc) is 2.39. The maximum atomic E-state index is 12.1. The lowest BCUT2D eigenvalue weighted by atomic mass is 9.95. The molecule has 1 heterocycles. The van der Waals surface area contributed by atoms with Crippen molar-refractivity contribution in [3.63, 3.8) is 0 Å². The Labute approximate surface area is 125 Å². The van der Waals surface area contributed by atoms with E-state index in [0.717, 1.165) is 16.4 Å². The fourth-order valence-corrected chi connectivity index (χ4v) is 2.76. The third kappa shape index (κ3) is 3.77. The minimum atomic E-state index is -0.563. The van der Waals surface area contributed by atoms with Crippen molar-refractivity contribution in [1.82, 2.24) is 15.1 Å². The van der Waals surface area contributed by atoms with Crippen LogP contribution in [0.3, 0.4) is 0 Å². The number of hydrogen-bond donors (Lipinski definition) is 1. The first-order chi connectivity index (χ1) is 9.08. The standard InChI is InChI=1S/C13H18IN3O2/c1-9(17-12(18)7-10(14)8-15-17)13(19)16-11-5-3-2-4-6-11/h7-9,11H,2-6H2,1H3,(H,16,19). The summed E-state index contributed by atoms with van der Waals surface area (Å²) in [6, 6.07) is 1.17. The van der Waals surface area contributed by atoms with Crippen LogP contribution >= 0.6 is 22.6 Å². The van der Waals surface area contributed by atoms with Gasteiger partial charge in [0.25, 0.3) is 5.56 Å². The number of nitrogens with zero attached hydrogens (tertiary/aromatic N) is 2. The molecule has 1 amide bonds. The van der Waals surface area contributed by atoms with Crippen molar-refractivity contribution in [3.05, 3.63) is 26.2 Å². The molecule has 1 saturated carbocycles. The van der Waals surface area contributed by atoms with E-state index in [1.54, 1.807) is 13.1 Å². The van der Waals surface area contributed by atoms with Crippen LogP contribution in [0.15, 0.2) is 17.1 Å². The van der Waals surface area contributed by atoms with Gasteiger partial charge in [0, 0.05) is 15.7 Å². The predicted molar refractivity (Wildman–Crippen MR) is 80.9 cm³/mol. The molecule has 0 aromatic carbocycles. The molecule has 0 spiro atoms. The topological polar surface area (TPSA) is 64.0 Å². The number of carbonyl (C=O) groups is 1. The van der Waals surface area contributed by atoms with Crippen LogP contribution in [-0.4, -0.2) is 21.7 Å². The largest absolute Gasteiger partial charge is 0.352 e. The monoisotopic (exact) mass is 375 g/mol. The number of carbonyl (C=O) groups excluding carboxylic acids is 1. The Morgan fingerprint density at radius 3 is 2.79 bits per heavy atom. The minimum absolute atomic E-state index is 0.122. The van der Waals surface area contributed by atoms with Gasteiger partial charge in [0.15, 0.2) is 0 Å². The number of amides is 1. The number of nitrogens with one attached hydrogen (secondary N) is 1. The number of halogens is 1. The molecule has 1 fully saturated rings. The molecule has 1 aliphatic rings. The highest BCUT2D eigenvalue weighted by molar-refractivity contribution is 14.1. The van der Waals surface area contributed by atoms with Gasteiger partial charge in [-0.25, -0.2) is 4.68 Å². The molecule has 1 N–H and O–H groups in total. The zero-order chi connectivity index (χ0) is 13.8. The molecule has 1 aliphatic carbocycles. The van der Waals surface area contributed by atoms with Gasteiger partial charge in [0.05, 0.1) is 6.20 Å². The van der Waals surface area contributed by atoms with Gasteiger partial charge < -0.3 is 5.32 Å². The molecule has 1 aromatic rings. The van der Waals surface area contributed by atoms with Crippen LogP contribution in [0.25, 0.3) is 0 Å². The second-order valence-electron chi connectivity index (χ2n) is 4.98. The summed E-state index contributed by atoms with van der Waals surface area (Å²) in [6.45, 7) is 1.71. The highest BCUT2D eigenvalue weighted by Gasteiger charge is 2.21. The first-order valence-electron chi connectivity index (χ1n) is 6.62. The quantitative estimate of drug-likeness (QED) is 0.821. The maximum absolute atomic E-state index is 12.1. The van der Waals surface area contributed by atoms with E-state index < -0.39 is 6.04 Å². The minimum Gasteiger partial charge on any atom is -0.352 e. The Morgan fingerprint density at radius 1 is 1.47 bits per heavy atom. The third-order valence-electron chi connectivity index (χ3n) is 3.49. The molecule has 6 heteroatoms. The number of hydrogen-bond acceptors (Lipinski definition) is 3. The van der Waals surface area contributed by atoms with Crippen LogP contribution in [0.1, 0.15) is 45.1 Å². The summed E-state index contributed by atoms with van der Waals surface area (Å²) in [5, 5.41) is 7.05. The van der Waals surface area contributed by atoms with E-state index in [1.165, 1.54) is 30.0 Å². The lowest BCUT2D eigenvalue weighted by Crippen LogP contribution is -2.42. The molecule has 1 atom stereocenters. The molecule has 1 aromatic heterocycles. The number of rotatable bonds is 3. The van der Waals surface area contributed by atoms with Gasteiger partial charge in [-0.3, -0.25) is 9.59 Å². The van der Waals surface area contributed by atoms with Gasteiger partial charge in [-0.15, -0.1) is 0 Å². The van der Waals surface area contributed by atoms with Crippen LogP contribution in [-0.2, 0) is 4.79 Å². The Bertz CT molecular complexity index is 509. The van der Waals surface area contributed by atoms with Crippen molar-refractivity contribution in [2.24, 2.45) is 0 Å². The summed E-state index contributed by atoms with van der Waals surface area (Å²) in [5.41, 5.74) is -0.238. The van der Waals surface area contributed by atoms with E-state index in [1.807, 2.05) is 22.6 Å². The van der Waals surface area contributed by atoms with Crippen LogP contribution in [0, 0.1) is 3.57 Å². The van der Waals surface area contributed by atoms with Crippen molar-refractivity contribution in [1.29, 1.82) is 0 Å². The summed E-state index contributed by atoms with van der Waals surface area (Å²) in [5.74, 6) is -0.122. The molecule has 19 heavy (non-hydrogen) atoms. The van der Waals surface area contributed by atoms with Crippen molar-refractivity contribution >= 4 is 28.5 Å². The van der Waals surface area contributed by atoms with E-state index in [-0.39, 0.29) is 17.5 Å². The van der Waals surface area contributed by atoms with Crippen LogP contribution in [0.4, 0.5) is 0 Å². The lowest BCUT2D eigenvalue weighted by Gasteiger charge is -2.24. The zero-order valence-electron chi connectivity index (χ0n) is 10.9. The van der Waals surface area contributed by atoms with Gasteiger partial charge >= 0.3 is 0 Å². The van der Waals surface area contributed by atoms with Crippen molar-refractivity contribution in [3.8, 4) is 0 Å². The summed E-state index contributed by atoms with van der Waals surface area (Å²) >= 11 is 2.03. The van der Waals surface area contributed by atoms with E-state index in [0.29, 0.717) is 0 Å². The molecule has 0 bridgehead atoms. The Hall–Kier alpha value is -0.920. The van der Waals surface area contributed by atoms with E-state index in [2.05, 4.69) is 10.4 Å². The summed E-state index contributed by atoms with van der Waals surface area (Å²) < 4.78 is 2.01. The number of aromatic nitrogens is 2. The van der Waals surface area contributed by atoms with Crippen molar-refractivity contribution in [2.45, 2.75) is 51.1 Å². The van der Waals surface area contributed by atoms with Crippen molar-refractivity contribution in [2.75, 3.05) is 0 Å². The predicted octanol–water partition coefficient (Wildman–Crippen LogP) is 1.86. The van der Waals surface area contributed by atoms with Crippen molar-refractivity contribution < 1.29 is 4.79 Å². The fraction of sp³-hybridized carbons (Fsp3) is 0.615. The first-order valence-corrected chi connectivity index (χ1v) is 7.70. The smallest absolute Gasteiger partial charge is 0.268 e. The molecular weight excluding hydrogens is 357 g/mol. The molecule has 5 nitrogen and oxygen atoms in total. The SMILES string of the molecule is CC(C(=O)NC1CCCCC1)n1ncc(I)cc1=O. The lowest BCUT2D eigenvalue weighted by molar-refractivity contribution is -0.125. The van der Waals surface area contributed by atoms with Crippen LogP contribution in [0.5, 0.6) is 0 Å². The first kappa shape index (κ1) is 14.5. The Balaban J connectivity index is 2.03. The summed E-state index contributed by atoms with van der Waals surface area (Å²) in [6.07, 6.45) is 7.25. The zero-order valence-corrected chi connectivity index (χ0v) is 13.1. The van der Waals surface area contributed by atoms with Crippen LogP contribution in [0.2, 0.25) is 0 Å². The average molecular weight is 375 g/mol. The highest BCUT2D eigenvalue weighted by Crippen LogP contribution is 2.18. The molecule has 104 valence electrons. The van der Waals surface area contributed by atoms with Crippen LogP contribution < -0.4 is 10.9 Å². The second kappa shape index (κ2) is 6.49. The highest BCUT2D eigenvalue weighted by atomic mass is 127. The maximum Gasteiger partial charge on any atom is 0.268 e. The van der Waals surface area contributed by atoms with E-state index >= 15 is 0 Å². The third-order valence-corrected chi connectivity index (χ3v) is 4.08. The molecule has 0 saturated heterocycles. The van der Waals surface area contributed by atoms with Gasteiger partial charge in [-0.05, 0) is 42.4 Å².